The topological polar surface area (TPSA) is 75.7 Å². The second-order valence-corrected chi connectivity index (χ2v) is 4.67. The Hall–Kier alpha value is -2.37. The highest BCUT2D eigenvalue weighted by Crippen LogP contribution is 2.12. The van der Waals surface area contributed by atoms with E-state index in [1.807, 2.05) is 19.1 Å². The van der Waals surface area contributed by atoms with Crippen molar-refractivity contribution >= 4 is 17.9 Å². The normalized spacial score (nSPS) is 14.1. The van der Waals surface area contributed by atoms with Crippen LogP contribution in [0, 0.1) is 13.8 Å². The van der Waals surface area contributed by atoms with E-state index in [-0.39, 0.29) is 0 Å². The summed E-state index contributed by atoms with van der Waals surface area (Å²) < 4.78 is 4.98. The fourth-order valence-corrected chi connectivity index (χ4v) is 1.95. The summed E-state index contributed by atoms with van der Waals surface area (Å²) in [6, 6.07) is 4.98. The number of aryl methyl sites for hydroxylation is 2. The van der Waals surface area contributed by atoms with Crippen LogP contribution in [0.4, 0.5) is 4.79 Å². The summed E-state index contributed by atoms with van der Waals surface area (Å²) in [6.07, 6.45) is 0. The molecule has 1 N–H and O–H groups in total. The first kappa shape index (κ1) is 14.0. The van der Waals surface area contributed by atoms with Crippen molar-refractivity contribution in [1.29, 1.82) is 0 Å². The number of carbonyl (C=O) groups excluding carboxylic acids is 3. The smallest absolute Gasteiger partial charge is 0.338 e. The second kappa shape index (κ2) is 5.73. The van der Waals surface area contributed by atoms with Crippen molar-refractivity contribution in [2.45, 2.75) is 13.8 Å². The van der Waals surface area contributed by atoms with Crippen molar-refractivity contribution in [2.24, 2.45) is 0 Å². The number of hydrogen-bond donors (Lipinski definition) is 1. The molecule has 0 radical (unpaired) electrons. The lowest BCUT2D eigenvalue weighted by atomic mass is 10.1. The van der Waals surface area contributed by atoms with E-state index in [1.54, 1.807) is 13.0 Å². The van der Waals surface area contributed by atoms with Gasteiger partial charge in [-0.25, -0.2) is 9.59 Å². The molecule has 1 saturated heterocycles. The summed E-state index contributed by atoms with van der Waals surface area (Å²) in [6.45, 7) is 3.97. The second-order valence-electron chi connectivity index (χ2n) is 4.67. The number of rotatable bonds is 3. The SMILES string of the molecule is Cc1ccc(C)c(C(=O)OCC(=O)N2CCNC2=O)c1. The maximum Gasteiger partial charge on any atom is 0.338 e. The Morgan fingerprint density at radius 1 is 1.35 bits per heavy atom. The first-order valence-electron chi connectivity index (χ1n) is 6.31. The van der Waals surface area contributed by atoms with Gasteiger partial charge in [0.1, 0.15) is 0 Å². The lowest BCUT2D eigenvalue weighted by Crippen LogP contribution is -2.37. The van der Waals surface area contributed by atoms with Crippen LogP contribution in [0.15, 0.2) is 18.2 Å². The van der Waals surface area contributed by atoms with Gasteiger partial charge in [-0.2, -0.15) is 0 Å². The van der Waals surface area contributed by atoms with Crippen LogP contribution in [-0.4, -0.2) is 42.5 Å². The lowest BCUT2D eigenvalue weighted by Gasteiger charge is -2.12. The van der Waals surface area contributed by atoms with E-state index in [4.69, 9.17) is 4.74 Å². The molecule has 0 atom stereocenters. The van der Waals surface area contributed by atoms with Crippen LogP contribution < -0.4 is 5.32 Å². The largest absolute Gasteiger partial charge is 0.452 e. The van der Waals surface area contributed by atoms with E-state index in [9.17, 15) is 14.4 Å². The highest BCUT2D eigenvalue weighted by Gasteiger charge is 2.27. The third kappa shape index (κ3) is 2.96. The maximum atomic E-state index is 11.9. The predicted octanol–water partition coefficient (Wildman–Crippen LogP) is 1.01. The van der Waals surface area contributed by atoms with E-state index in [0.717, 1.165) is 16.0 Å². The average molecular weight is 276 g/mol. The number of urea groups is 1. The van der Waals surface area contributed by atoms with Crippen molar-refractivity contribution in [3.63, 3.8) is 0 Å². The number of imide groups is 1. The fourth-order valence-electron chi connectivity index (χ4n) is 1.95. The van der Waals surface area contributed by atoms with Gasteiger partial charge < -0.3 is 10.1 Å². The number of esters is 1. The Balaban J connectivity index is 1.97. The van der Waals surface area contributed by atoms with Crippen LogP contribution in [0.5, 0.6) is 0 Å². The Labute approximate surface area is 116 Å². The number of carbonyl (C=O) groups is 3. The molecule has 1 aromatic rings. The molecule has 2 rings (SSSR count). The Morgan fingerprint density at radius 3 is 2.75 bits per heavy atom. The number of hydrogen-bond acceptors (Lipinski definition) is 4. The highest BCUT2D eigenvalue weighted by atomic mass is 16.5. The molecule has 6 nitrogen and oxygen atoms in total. The monoisotopic (exact) mass is 276 g/mol. The number of benzene rings is 1. The zero-order valence-electron chi connectivity index (χ0n) is 11.4. The standard InChI is InChI=1S/C14H16N2O4/c1-9-3-4-10(2)11(7-9)13(18)20-8-12(17)16-6-5-15-14(16)19/h3-4,7H,5-6,8H2,1-2H3,(H,15,19). The van der Waals surface area contributed by atoms with Gasteiger partial charge >= 0.3 is 12.0 Å². The minimum absolute atomic E-state index is 0.304. The third-order valence-corrected chi connectivity index (χ3v) is 3.10. The summed E-state index contributed by atoms with van der Waals surface area (Å²) >= 11 is 0. The summed E-state index contributed by atoms with van der Waals surface area (Å²) in [7, 11) is 0. The molecule has 6 heteroatoms. The molecule has 0 spiro atoms. The first-order valence-corrected chi connectivity index (χ1v) is 6.31. The summed E-state index contributed by atoms with van der Waals surface area (Å²) in [5.74, 6) is -1.07. The minimum atomic E-state index is -0.556. The summed E-state index contributed by atoms with van der Waals surface area (Å²) in [4.78, 5) is 36.0. The van der Waals surface area contributed by atoms with E-state index in [1.165, 1.54) is 0 Å². The number of ether oxygens (including phenoxy) is 1. The van der Waals surface area contributed by atoms with Crippen LogP contribution in [0.3, 0.4) is 0 Å². The molecular weight excluding hydrogens is 260 g/mol. The van der Waals surface area contributed by atoms with Gasteiger partial charge in [0, 0.05) is 13.1 Å². The molecule has 3 amide bonds. The van der Waals surface area contributed by atoms with Crippen molar-refractivity contribution in [2.75, 3.05) is 19.7 Å². The Kier molecular flexibility index (Phi) is 4.02. The van der Waals surface area contributed by atoms with Crippen molar-refractivity contribution in [1.82, 2.24) is 10.2 Å². The molecule has 1 fully saturated rings. The van der Waals surface area contributed by atoms with Gasteiger partial charge in [-0.1, -0.05) is 17.7 Å². The molecule has 0 aliphatic carbocycles. The van der Waals surface area contributed by atoms with Crippen LogP contribution in [-0.2, 0) is 9.53 Å². The van der Waals surface area contributed by atoms with Gasteiger partial charge in [0.25, 0.3) is 5.91 Å². The number of nitrogens with one attached hydrogen (secondary N) is 1. The maximum absolute atomic E-state index is 11.9. The Morgan fingerprint density at radius 2 is 2.10 bits per heavy atom. The lowest BCUT2D eigenvalue weighted by molar-refractivity contribution is -0.130. The van der Waals surface area contributed by atoms with Crippen molar-refractivity contribution in [3.05, 3.63) is 34.9 Å². The van der Waals surface area contributed by atoms with Gasteiger partial charge in [0.05, 0.1) is 5.56 Å². The van der Waals surface area contributed by atoms with Gasteiger partial charge in [-0.05, 0) is 25.5 Å². The zero-order chi connectivity index (χ0) is 14.7. The molecule has 0 saturated carbocycles. The highest BCUT2D eigenvalue weighted by molar-refractivity contribution is 5.98. The molecular formula is C14H16N2O4. The van der Waals surface area contributed by atoms with E-state index < -0.39 is 24.5 Å². The quantitative estimate of drug-likeness (QED) is 0.836. The molecule has 106 valence electrons. The molecule has 1 aliphatic rings. The van der Waals surface area contributed by atoms with Gasteiger partial charge in [0.2, 0.25) is 0 Å². The molecule has 0 aromatic heterocycles. The average Bonchev–Trinajstić information content (AvgIpc) is 2.84. The molecule has 1 heterocycles. The van der Waals surface area contributed by atoms with Gasteiger partial charge in [-0.3, -0.25) is 9.69 Å². The number of amides is 3. The Bertz CT molecular complexity index is 568. The van der Waals surface area contributed by atoms with Crippen LogP contribution in [0.25, 0.3) is 0 Å². The van der Waals surface area contributed by atoms with Gasteiger partial charge in [0.15, 0.2) is 6.61 Å². The third-order valence-electron chi connectivity index (χ3n) is 3.10. The molecule has 1 aliphatic heterocycles. The predicted molar refractivity (Wildman–Crippen MR) is 71.3 cm³/mol. The summed E-state index contributed by atoms with van der Waals surface area (Å²) in [5, 5.41) is 2.51. The zero-order valence-corrected chi connectivity index (χ0v) is 11.4. The van der Waals surface area contributed by atoms with E-state index in [0.29, 0.717) is 18.7 Å². The van der Waals surface area contributed by atoms with Crippen LogP contribution >= 0.6 is 0 Å². The molecule has 20 heavy (non-hydrogen) atoms. The van der Waals surface area contributed by atoms with Gasteiger partial charge in [-0.15, -0.1) is 0 Å². The van der Waals surface area contributed by atoms with Crippen LogP contribution in [0.2, 0.25) is 0 Å². The number of nitrogens with zero attached hydrogens (tertiary/aromatic N) is 1. The van der Waals surface area contributed by atoms with Crippen molar-refractivity contribution in [3.8, 4) is 0 Å². The molecule has 0 unspecified atom stereocenters. The van der Waals surface area contributed by atoms with Crippen molar-refractivity contribution < 1.29 is 19.1 Å². The molecule has 1 aromatic carbocycles. The summed E-state index contributed by atoms with van der Waals surface area (Å²) in [5.41, 5.74) is 2.16. The van der Waals surface area contributed by atoms with E-state index >= 15 is 0 Å². The van der Waals surface area contributed by atoms with E-state index in [2.05, 4.69) is 5.32 Å². The minimum Gasteiger partial charge on any atom is -0.452 e. The molecule has 0 bridgehead atoms. The fraction of sp³-hybridized carbons (Fsp3) is 0.357. The van der Waals surface area contributed by atoms with Crippen LogP contribution in [0.1, 0.15) is 21.5 Å². The first-order chi connectivity index (χ1) is 9.49.